The van der Waals surface area contributed by atoms with Crippen LogP contribution in [0.5, 0.6) is 5.75 Å². The van der Waals surface area contributed by atoms with Crippen LogP contribution >= 0.6 is 11.6 Å². The van der Waals surface area contributed by atoms with Crippen molar-refractivity contribution in [3.05, 3.63) is 28.3 Å². The zero-order valence-corrected chi connectivity index (χ0v) is 9.30. The third-order valence-electron chi connectivity index (χ3n) is 1.90. The lowest BCUT2D eigenvalue weighted by molar-refractivity contribution is -0.162. The van der Waals surface area contributed by atoms with Gasteiger partial charge in [-0.25, -0.2) is 0 Å². The van der Waals surface area contributed by atoms with E-state index in [0.717, 1.165) is 0 Å². The molecule has 0 aromatic heterocycles. The lowest BCUT2D eigenvalue weighted by Crippen LogP contribution is -2.17. The number of ether oxygens (including phenoxy) is 1. The molecule has 1 aromatic carbocycles. The van der Waals surface area contributed by atoms with Crippen LogP contribution in [-0.2, 0) is 12.4 Å². The molecule has 0 amide bonds. The summed E-state index contributed by atoms with van der Waals surface area (Å²) in [7, 11) is 0. The van der Waals surface area contributed by atoms with Crippen LogP contribution in [0.2, 0.25) is 5.02 Å². The lowest BCUT2D eigenvalue weighted by atomic mass is 10.1. The lowest BCUT2D eigenvalue weighted by Gasteiger charge is -2.17. The van der Waals surface area contributed by atoms with Crippen LogP contribution in [0.25, 0.3) is 0 Å². The van der Waals surface area contributed by atoms with E-state index in [0.29, 0.717) is 0 Å². The summed E-state index contributed by atoms with van der Waals surface area (Å²) in [6, 6.07) is -0.320. The zero-order valence-electron chi connectivity index (χ0n) is 8.54. The molecule has 0 aliphatic rings. The normalized spacial score (nSPS) is 12.9. The molecule has 0 aliphatic heterocycles. The van der Waals surface area contributed by atoms with Crippen LogP contribution in [0.15, 0.2) is 12.1 Å². The summed E-state index contributed by atoms with van der Waals surface area (Å²) >= 11 is 5.18. The molecule has 10 heteroatoms. The van der Waals surface area contributed by atoms with Crippen molar-refractivity contribution in [2.45, 2.75) is 19.0 Å². The van der Waals surface area contributed by atoms with Crippen molar-refractivity contribution in [2.75, 3.05) is 0 Å². The van der Waals surface area contributed by atoms with E-state index in [2.05, 4.69) is 4.74 Å². The monoisotopic (exact) mass is 314 g/mol. The molecule has 108 valence electrons. The van der Waals surface area contributed by atoms with Gasteiger partial charge in [-0.05, 0) is 12.1 Å². The SMILES string of the molecule is FC(F)Oc1cc(C(F)(F)F)c(C(F)(F)F)cc1Cl. The van der Waals surface area contributed by atoms with Crippen LogP contribution in [0.3, 0.4) is 0 Å². The van der Waals surface area contributed by atoms with Gasteiger partial charge in [0.05, 0.1) is 16.1 Å². The number of alkyl halides is 8. The number of halogens is 9. The number of benzene rings is 1. The van der Waals surface area contributed by atoms with Crippen molar-refractivity contribution >= 4 is 11.6 Å². The Hall–Kier alpha value is -1.25. The van der Waals surface area contributed by atoms with E-state index < -0.39 is 40.9 Å². The summed E-state index contributed by atoms with van der Waals surface area (Å²) in [6.07, 6.45) is -10.7. The van der Waals surface area contributed by atoms with Crippen LogP contribution < -0.4 is 4.74 Å². The average Bonchev–Trinajstić information content (AvgIpc) is 2.16. The van der Waals surface area contributed by atoms with E-state index in [9.17, 15) is 35.1 Å². The molecular weight excluding hydrogens is 312 g/mol. The summed E-state index contributed by atoms with van der Waals surface area (Å²) < 4.78 is 102. The fraction of sp³-hybridized carbons (Fsp3) is 0.333. The van der Waals surface area contributed by atoms with E-state index in [1.54, 1.807) is 0 Å². The maximum Gasteiger partial charge on any atom is 0.417 e. The molecular formula is C9H3ClF8O. The first-order valence-corrected chi connectivity index (χ1v) is 4.73. The van der Waals surface area contributed by atoms with E-state index in [-0.39, 0.29) is 12.1 Å². The molecule has 1 aromatic rings. The van der Waals surface area contributed by atoms with Gasteiger partial charge in [0, 0.05) is 0 Å². The second-order valence-electron chi connectivity index (χ2n) is 3.20. The highest BCUT2D eigenvalue weighted by molar-refractivity contribution is 6.32. The predicted molar refractivity (Wildman–Crippen MR) is 48.1 cm³/mol. The Balaban J connectivity index is 3.47. The van der Waals surface area contributed by atoms with Gasteiger partial charge in [0.2, 0.25) is 0 Å². The molecule has 0 saturated carbocycles. The van der Waals surface area contributed by atoms with Crippen LogP contribution in [0, 0.1) is 0 Å². The van der Waals surface area contributed by atoms with Crippen molar-refractivity contribution in [2.24, 2.45) is 0 Å². The smallest absolute Gasteiger partial charge is 0.417 e. The summed E-state index contributed by atoms with van der Waals surface area (Å²) in [6.45, 7) is -3.52. The molecule has 0 unspecified atom stereocenters. The van der Waals surface area contributed by atoms with Crippen molar-refractivity contribution in [3.8, 4) is 5.75 Å². The third-order valence-corrected chi connectivity index (χ3v) is 2.19. The minimum Gasteiger partial charge on any atom is -0.433 e. The third kappa shape index (κ3) is 3.85. The summed E-state index contributed by atoms with van der Waals surface area (Å²) in [5.74, 6) is -1.18. The summed E-state index contributed by atoms with van der Waals surface area (Å²) in [5.41, 5.74) is -4.23. The van der Waals surface area contributed by atoms with Crippen molar-refractivity contribution in [1.82, 2.24) is 0 Å². The zero-order chi connectivity index (χ0) is 15.0. The maximum absolute atomic E-state index is 12.4. The Morgan fingerprint density at radius 2 is 1.32 bits per heavy atom. The molecule has 0 fully saturated rings. The quantitative estimate of drug-likeness (QED) is 0.700. The minimum atomic E-state index is -5.39. The second-order valence-corrected chi connectivity index (χ2v) is 3.61. The average molecular weight is 315 g/mol. The van der Waals surface area contributed by atoms with Gasteiger partial charge in [0.1, 0.15) is 5.75 Å². The number of hydrogen-bond acceptors (Lipinski definition) is 1. The summed E-state index contributed by atoms with van der Waals surface area (Å²) in [5, 5.41) is -0.999. The standard InChI is InChI=1S/C9H3ClF8O/c10-5-1-3(8(13,14)15)4(9(16,17)18)2-6(5)19-7(11)12/h1-2,7H. The summed E-state index contributed by atoms with van der Waals surface area (Å²) in [4.78, 5) is 0. The Labute approximate surface area is 105 Å². The van der Waals surface area contributed by atoms with E-state index >= 15 is 0 Å². The van der Waals surface area contributed by atoms with Gasteiger partial charge >= 0.3 is 19.0 Å². The molecule has 1 rings (SSSR count). The van der Waals surface area contributed by atoms with E-state index in [4.69, 9.17) is 11.6 Å². The van der Waals surface area contributed by atoms with Crippen LogP contribution in [-0.4, -0.2) is 6.61 Å². The highest BCUT2D eigenvalue weighted by Gasteiger charge is 2.44. The van der Waals surface area contributed by atoms with Crippen molar-refractivity contribution < 1.29 is 39.9 Å². The van der Waals surface area contributed by atoms with E-state index in [1.165, 1.54) is 0 Å². The van der Waals surface area contributed by atoms with Gasteiger partial charge in [0.15, 0.2) is 0 Å². The molecule has 0 atom stereocenters. The minimum absolute atomic E-state index is 0.109. The Bertz CT molecular complexity index is 465. The van der Waals surface area contributed by atoms with Crippen molar-refractivity contribution in [1.29, 1.82) is 0 Å². The molecule has 0 spiro atoms. The van der Waals surface area contributed by atoms with Gasteiger partial charge in [-0.2, -0.15) is 35.1 Å². The molecule has 0 saturated heterocycles. The highest BCUT2D eigenvalue weighted by Crippen LogP contribution is 2.44. The first-order chi connectivity index (χ1) is 8.43. The van der Waals surface area contributed by atoms with Gasteiger partial charge in [-0.3, -0.25) is 0 Å². The predicted octanol–water partition coefficient (Wildman–Crippen LogP) is 4.98. The molecule has 1 nitrogen and oxygen atoms in total. The molecule has 0 heterocycles. The van der Waals surface area contributed by atoms with Gasteiger partial charge in [-0.15, -0.1) is 0 Å². The molecule has 0 radical (unpaired) electrons. The Morgan fingerprint density at radius 1 is 0.895 bits per heavy atom. The first kappa shape index (κ1) is 15.8. The first-order valence-electron chi connectivity index (χ1n) is 4.35. The Kier molecular flexibility index (Phi) is 4.18. The largest absolute Gasteiger partial charge is 0.433 e. The van der Waals surface area contributed by atoms with Gasteiger partial charge < -0.3 is 4.74 Å². The molecule has 19 heavy (non-hydrogen) atoms. The van der Waals surface area contributed by atoms with Crippen molar-refractivity contribution in [3.63, 3.8) is 0 Å². The van der Waals surface area contributed by atoms with Gasteiger partial charge in [-0.1, -0.05) is 11.6 Å². The molecule has 0 bridgehead atoms. The second kappa shape index (κ2) is 5.03. The fourth-order valence-electron chi connectivity index (χ4n) is 1.21. The number of hydrogen-bond donors (Lipinski definition) is 0. The fourth-order valence-corrected chi connectivity index (χ4v) is 1.42. The Morgan fingerprint density at radius 3 is 1.68 bits per heavy atom. The topological polar surface area (TPSA) is 9.23 Å². The molecule has 0 aliphatic carbocycles. The van der Waals surface area contributed by atoms with E-state index in [1.807, 2.05) is 0 Å². The van der Waals surface area contributed by atoms with Crippen LogP contribution in [0.4, 0.5) is 35.1 Å². The highest BCUT2D eigenvalue weighted by atomic mass is 35.5. The van der Waals surface area contributed by atoms with Gasteiger partial charge in [0.25, 0.3) is 0 Å². The molecule has 0 N–H and O–H groups in total. The van der Waals surface area contributed by atoms with Crippen LogP contribution in [0.1, 0.15) is 11.1 Å². The maximum atomic E-state index is 12.4. The number of rotatable bonds is 2.